The van der Waals surface area contributed by atoms with E-state index in [4.69, 9.17) is 22.6 Å². The first-order valence-corrected chi connectivity index (χ1v) is 9.29. The van der Waals surface area contributed by atoms with Crippen LogP contribution >= 0.6 is 7.74 Å². The van der Waals surface area contributed by atoms with Gasteiger partial charge in [0.1, 0.15) is 0 Å². The molecule has 1 fully saturated rings. The molecule has 0 aliphatic carbocycles. The molecule has 0 unspecified atom stereocenters. The fourth-order valence-electron chi connectivity index (χ4n) is 3.27. The normalized spacial score (nSPS) is 22.4. The van der Waals surface area contributed by atoms with Crippen LogP contribution in [0.25, 0.3) is 21.5 Å². The van der Waals surface area contributed by atoms with Crippen LogP contribution in [0, 0.1) is 0 Å². The van der Waals surface area contributed by atoms with Crippen molar-refractivity contribution in [3.63, 3.8) is 0 Å². The average Bonchev–Trinajstić information content (AvgIpc) is 3.19. The summed E-state index contributed by atoms with van der Waals surface area (Å²) in [5.74, 6) is 1.25. The average molecular weight is 330 g/mol. The van der Waals surface area contributed by atoms with Crippen molar-refractivity contribution in [3.05, 3.63) is 48.5 Å². The van der Waals surface area contributed by atoms with E-state index in [0.717, 1.165) is 21.5 Å². The molecule has 0 saturated carbocycles. The molecule has 2 aliphatic heterocycles. The van der Waals surface area contributed by atoms with Gasteiger partial charge in [0.05, 0.1) is 0 Å². The van der Waals surface area contributed by atoms with Crippen molar-refractivity contribution in [2.75, 3.05) is 20.3 Å². The molecule has 2 aliphatic rings. The molecular weight excluding hydrogens is 315 g/mol. The van der Waals surface area contributed by atoms with Crippen molar-refractivity contribution in [1.82, 2.24) is 0 Å². The van der Waals surface area contributed by atoms with Gasteiger partial charge in [-0.25, -0.2) is 0 Å². The van der Waals surface area contributed by atoms with Gasteiger partial charge in [0.25, 0.3) is 0 Å². The fraction of sp³-hybridized carbons (Fsp3) is 0.176. The Hall–Kier alpha value is -1.91. The van der Waals surface area contributed by atoms with E-state index in [1.165, 1.54) is 7.11 Å². The molecule has 5 nitrogen and oxygen atoms in total. The SMILES string of the molecule is COP12(OCCO1)Oc1c(c3ccccc3c3ccccc13)O2. The van der Waals surface area contributed by atoms with Gasteiger partial charge in [-0.3, -0.25) is 0 Å². The van der Waals surface area contributed by atoms with Crippen molar-refractivity contribution in [2.45, 2.75) is 0 Å². The van der Waals surface area contributed by atoms with Gasteiger partial charge in [-0.1, -0.05) is 0 Å². The van der Waals surface area contributed by atoms with Gasteiger partial charge >= 0.3 is 132 Å². The summed E-state index contributed by atoms with van der Waals surface area (Å²) in [5.41, 5.74) is 0. The summed E-state index contributed by atoms with van der Waals surface area (Å²) in [7, 11) is -2.52. The number of hydrogen-bond donors (Lipinski definition) is 0. The van der Waals surface area contributed by atoms with Crippen molar-refractivity contribution < 1.29 is 22.6 Å². The Morgan fingerprint density at radius 1 is 0.739 bits per heavy atom. The van der Waals surface area contributed by atoms with Gasteiger partial charge < -0.3 is 0 Å². The van der Waals surface area contributed by atoms with E-state index in [0.29, 0.717) is 24.7 Å². The van der Waals surface area contributed by atoms with Crippen LogP contribution in [0.3, 0.4) is 0 Å². The van der Waals surface area contributed by atoms with Gasteiger partial charge in [0.15, 0.2) is 0 Å². The van der Waals surface area contributed by atoms with Crippen LogP contribution in [0.5, 0.6) is 11.5 Å². The predicted octanol–water partition coefficient (Wildman–Crippen LogP) is 4.59. The second kappa shape index (κ2) is 4.34. The first-order chi connectivity index (χ1) is 11.2. The van der Waals surface area contributed by atoms with Crippen molar-refractivity contribution in [1.29, 1.82) is 0 Å². The zero-order chi connectivity index (χ0) is 15.5. The van der Waals surface area contributed by atoms with E-state index in [2.05, 4.69) is 12.1 Å². The standard InChI is InChI=1S/C17H15O5P/c1-18-23(19-10-11-20-23)21-16-14-8-4-2-6-12(14)13-7-3-5-9-15(13)17(16)22-23/h2-9H,10-11H2,1H3. The first kappa shape index (κ1) is 13.5. The molecule has 1 saturated heterocycles. The maximum atomic E-state index is 6.16. The molecule has 0 aromatic heterocycles. The molecule has 3 aromatic carbocycles. The fourth-order valence-corrected chi connectivity index (χ4v) is 5.66. The molecule has 23 heavy (non-hydrogen) atoms. The Morgan fingerprint density at radius 3 is 1.61 bits per heavy atom. The second-order valence-electron chi connectivity index (χ2n) is 5.53. The van der Waals surface area contributed by atoms with Crippen LogP contribution in [-0.2, 0) is 13.6 Å². The Labute approximate surface area is 133 Å². The molecule has 6 heteroatoms. The third-order valence-electron chi connectivity index (χ3n) is 4.31. The van der Waals surface area contributed by atoms with E-state index in [1.54, 1.807) is 0 Å². The molecule has 3 aromatic rings. The summed E-state index contributed by atoms with van der Waals surface area (Å²) in [6.45, 7) is 0.769. The van der Waals surface area contributed by atoms with Crippen molar-refractivity contribution >= 4 is 29.3 Å². The summed E-state index contributed by atoms with van der Waals surface area (Å²) < 4.78 is 29.4. The van der Waals surface area contributed by atoms with Gasteiger partial charge in [-0.15, -0.1) is 0 Å². The third kappa shape index (κ3) is 1.65. The summed E-state index contributed by atoms with van der Waals surface area (Å²) in [5, 5.41) is 4.11. The van der Waals surface area contributed by atoms with E-state index < -0.39 is 7.74 Å². The zero-order valence-electron chi connectivity index (χ0n) is 12.5. The monoisotopic (exact) mass is 330 g/mol. The predicted molar refractivity (Wildman–Crippen MR) is 88.5 cm³/mol. The van der Waals surface area contributed by atoms with E-state index in [9.17, 15) is 0 Å². The Kier molecular flexibility index (Phi) is 2.55. The van der Waals surface area contributed by atoms with Crippen LogP contribution in [0.2, 0.25) is 0 Å². The molecule has 1 spiro atoms. The number of rotatable bonds is 1. The summed E-state index contributed by atoms with van der Waals surface area (Å²) in [4.78, 5) is 0. The second-order valence-corrected chi connectivity index (χ2v) is 8.26. The van der Waals surface area contributed by atoms with Crippen LogP contribution in [0.15, 0.2) is 48.5 Å². The zero-order valence-corrected chi connectivity index (χ0v) is 13.4. The summed E-state index contributed by atoms with van der Waals surface area (Å²) >= 11 is 0. The molecule has 0 N–H and O–H groups in total. The van der Waals surface area contributed by atoms with Gasteiger partial charge in [-0.05, 0) is 0 Å². The van der Waals surface area contributed by atoms with Gasteiger partial charge in [0, 0.05) is 0 Å². The van der Waals surface area contributed by atoms with Crippen molar-refractivity contribution in [3.8, 4) is 11.5 Å². The minimum atomic E-state index is -4.02. The molecule has 0 atom stereocenters. The quantitative estimate of drug-likeness (QED) is 0.482. The first-order valence-electron chi connectivity index (χ1n) is 7.46. The Balaban J connectivity index is 1.89. The number of benzene rings is 3. The maximum absolute atomic E-state index is 6.16. The van der Waals surface area contributed by atoms with Crippen LogP contribution in [-0.4, -0.2) is 20.3 Å². The van der Waals surface area contributed by atoms with Crippen LogP contribution in [0.1, 0.15) is 0 Å². The van der Waals surface area contributed by atoms with Crippen LogP contribution < -0.4 is 9.05 Å². The molecule has 2 heterocycles. The number of fused-ring (bicyclic) bond motifs is 6. The molecular formula is C17H15O5P. The summed E-state index contributed by atoms with van der Waals surface area (Å²) in [6.07, 6.45) is 0. The van der Waals surface area contributed by atoms with Crippen molar-refractivity contribution in [2.24, 2.45) is 0 Å². The molecule has 0 bridgehead atoms. The molecule has 0 radical (unpaired) electrons. The van der Waals surface area contributed by atoms with Gasteiger partial charge in [-0.2, -0.15) is 0 Å². The minimum absolute atomic E-state index is 0.384. The van der Waals surface area contributed by atoms with E-state index in [1.807, 2.05) is 36.4 Å². The van der Waals surface area contributed by atoms with E-state index >= 15 is 0 Å². The number of hydrogen-bond acceptors (Lipinski definition) is 5. The molecule has 0 amide bonds. The summed E-state index contributed by atoms with van der Waals surface area (Å²) in [6, 6.07) is 16.1. The Bertz CT molecular complexity index is 880. The third-order valence-corrected chi connectivity index (χ3v) is 7.07. The molecule has 5 rings (SSSR count). The Morgan fingerprint density at radius 2 is 1.17 bits per heavy atom. The topological polar surface area (TPSA) is 46.2 Å². The van der Waals surface area contributed by atoms with Crippen LogP contribution in [0.4, 0.5) is 0 Å². The van der Waals surface area contributed by atoms with Gasteiger partial charge in [0.2, 0.25) is 0 Å². The molecule has 118 valence electrons. The van der Waals surface area contributed by atoms with E-state index in [-0.39, 0.29) is 0 Å².